The molecule has 0 radical (unpaired) electrons. The summed E-state index contributed by atoms with van der Waals surface area (Å²) >= 11 is 0. The Bertz CT molecular complexity index is 1550. The monoisotopic (exact) mass is 504 g/mol. The van der Waals surface area contributed by atoms with Gasteiger partial charge in [0.2, 0.25) is 0 Å². The van der Waals surface area contributed by atoms with Crippen molar-refractivity contribution in [1.82, 2.24) is 9.97 Å². The van der Waals surface area contributed by atoms with Gasteiger partial charge in [-0.3, -0.25) is 0 Å². The number of benzene rings is 4. The van der Waals surface area contributed by atoms with Gasteiger partial charge in [0.1, 0.15) is 24.7 Å². The standard InChI is InChI=1S/C32H28N2O4/c1-21-6-15-28-29(20-21)34-31-30(33-28)26-4-2-3-5-27(26)32(31,22-7-11-24(12-8-22)37-18-16-35)23-9-13-25(14-10-23)38-19-17-36/h2-15,20,35-36H,16-19H2,1H3. The molecule has 0 bridgehead atoms. The Balaban J connectivity index is 1.63. The van der Waals surface area contributed by atoms with Crippen LogP contribution < -0.4 is 9.47 Å². The van der Waals surface area contributed by atoms with Crippen LogP contribution >= 0.6 is 0 Å². The minimum Gasteiger partial charge on any atom is -0.491 e. The average molecular weight is 505 g/mol. The molecule has 6 nitrogen and oxygen atoms in total. The molecule has 0 amide bonds. The van der Waals surface area contributed by atoms with Crippen molar-refractivity contribution in [2.45, 2.75) is 12.3 Å². The summed E-state index contributed by atoms with van der Waals surface area (Å²) in [5, 5.41) is 18.4. The average Bonchev–Trinajstić information content (AvgIpc) is 3.24. The maximum absolute atomic E-state index is 9.18. The van der Waals surface area contributed by atoms with Gasteiger partial charge in [-0.15, -0.1) is 0 Å². The number of aliphatic hydroxyl groups excluding tert-OH is 2. The van der Waals surface area contributed by atoms with E-state index in [9.17, 15) is 10.2 Å². The second kappa shape index (κ2) is 9.89. The van der Waals surface area contributed by atoms with Gasteiger partial charge in [-0.25, -0.2) is 9.97 Å². The highest BCUT2D eigenvalue weighted by Crippen LogP contribution is 2.55. The van der Waals surface area contributed by atoms with E-state index in [-0.39, 0.29) is 26.4 Å². The Morgan fingerprint density at radius 1 is 0.684 bits per heavy atom. The molecule has 6 rings (SSSR count). The summed E-state index contributed by atoms with van der Waals surface area (Å²) in [4.78, 5) is 10.4. The number of aryl methyl sites for hydroxylation is 1. The first kappa shape index (κ1) is 24.1. The summed E-state index contributed by atoms with van der Waals surface area (Å²) in [6.45, 7) is 2.45. The van der Waals surface area contributed by atoms with E-state index >= 15 is 0 Å². The van der Waals surface area contributed by atoms with Crippen LogP contribution in [0.5, 0.6) is 11.5 Å². The first-order chi connectivity index (χ1) is 18.6. The number of aromatic nitrogens is 2. The molecule has 0 saturated heterocycles. The quantitative estimate of drug-likeness (QED) is 0.302. The molecule has 6 heteroatoms. The Labute approximate surface area is 221 Å². The van der Waals surface area contributed by atoms with Crippen LogP contribution in [0.2, 0.25) is 0 Å². The molecule has 2 N–H and O–H groups in total. The SMILES string of the molecule is Cc1ccc2nc3c(nc2c1)C(c1ccc(OCCO)cc1)(c1ccc(OCCO)cc1)c1ccccc1-3. The van der Waals surface area contributed by atoms with Gasteiger partial charge in [0.05, 0.1) is 41.1 Å². The Hall–Kier alpha value is -4.26. The Morgan fingerprint density at radius 3 is 1.89 bits per heavy atom. The van der Waals surface area contributed by atoms with Crippen LogP contribution in [0.15, 0.2) is 91.0 Å². The topological polar surface area (TPSA) is 84.7 Å². The van der Waals surface area contributed by atoms with Crippen molar-refractivity contribution in [3.8, 4) is 22.8 Å². The zero-order chi connectivity index (χ0) is 26.1. The minimum absolute atomic E-state index is 0.0424. The van der Waals surface area contributed by atoms with E-state index in [2.05, 4.69) is 61.5 Å². The van der Waals surface area contributed by atoms with Crippen LogP contribution in [0.4, 0.5) is 0 Å². The van der Waals surface area contributed by atoms with Crippen LogP contribution in [-0.2, 0) is 5.41 Å². The van der Waals surface area contributed by atoms with Crippen molar-refractivity contribution in [3.05, 3.63) is 119 Å². The van der Waals surface area contributed by atoms with Gasteiger partial charge in [0, 0.05) is 5.56 Å². The van der Waals surface area contributed by atoms with Gasteiger partial charge in [-0.05, 0) is 65.6 Å². The van der Waals surface area contributed by atoms with Crippen LogP contribution in [-0.4, -0.2) is 46.6 Å². The molecular weight excluding hydrogens is 476 g/mol. The molecule has 0 aliphatic heterocycles. The van der Waals surface area contributed by atoms with Crippen molar-refractivity contribution in [2.75, 3.05) is 26.4 Å². The normalized spacial score (nSPS) is 13.2. The predicted molar refractivity (Wildman–Crippen MR) is 147 cm³/mol. The summed E-state index contributed by atoms with van der Waals surface area (Å²) in [6, 6.07) is 30.5. The van der Waals surface area contributed by atoms with E-state index in [1.54, 1.807) is 0 Å². The van der Waals surface area contributed by atoms with Crippen molar-refractivity contribution in [3.63, 3.8) is 0 Å². The lowest BCUT2D eigenvalue weighted by Gasteiger charge is -2.32. The van der Waals surface area contributed by atoms with Crippen molar-refractivity contribution in [1.29, 1.82) is 0 Å². The maximum atomic E-state index is 9.18. The smallest absolute Gasteiger partial charge is 0.119 e. The van der Waals surface area contributed by atoms with Crippen LogP contribution in [0, 0.1) is 6.92 Å². The number of nitrogens with zero attached hydrogens (tertiary/aromatic N) is 2. The van der Waals surface area contributed by atoms with E-state index < -0.39 is 5.41 Å². The van der Waals surface area contributed by atoms with Crippen molar-refractivity contribution < 1.29 is 19.7 Å². The highest BCUT2D eigenvalue weighted by Gasteiger charge is 2.48. The van der Waals surface area contributed by atoms with E-state index in [4.69, 9.17) is 19.4 Å². The summed E-state index contributed by atoms with van der Waals surface area (Å²) < 4.78 is 11.3. The Kier molecular flexibility index (Phi) is 6.27. The van der Waals surface area contributed by atoms with Gasteiger partial charge in [0.25, 0.3) is 0 Å². The fourth-order valence-electron chi connectivity index (χ4n) is 5.44. The third-order valence-electron chi connectivity index (χ3n) is 7.06. The fourth-order valence-corrected chi connectivity index (χ4v) is 5.44. The zero-order valence-corrected chi connectivity index (χ0v) is 21.1. The first-order valence-corrected chi connectivity index (χ1v) is 12.7. The molecule has 0 unspecified atom stereocenters. The lowest BCUT2D eigenvalue weighted by atomic mass is 9.69. The van der Waals surface area contributed by atoms with Crippen LogP contribution in [0.1, 0.15) is 27.9 Å². The Morgan fingerprint density at radius 2 is 1.29 bits per heavy atom. The zero-order valence-electron chi connectivity index (χ0n) is 21.1. The third kappa shape index (κ3) is 3.90. The highest BCUT2D eigenvalue weighted by atomic mass is 16.5. The molecule has 1 heterocycles. The van der Waals surface area contributed by atoms with E-state index in [0.29, 0.717) is 11.5 Å². The van der Waals surface area contributed by atoms with Crippen LogP contribution in [0.25, 0.3) is 22.3 Å². The van der Waals surface area contributed by atoms with Gasteiger partial charge in [-0.2, -0.15) is 0 Å². The molecule has 5 aromatic rings. The summed E-state index contributed by atoms with van der Waals surface area (Å²) in [5.74, 6) is 1.38. The molecule has 190 valence electrons. The predicted octanol–water partition coefficient (Wildman–Crippen LogP) is 5.04. The molecule has 1 aliphatic carbocycles. The van der Waals surface area contributed by atoms with Gasteiger partial charge in [0.15, 0.2) is 0 Å². The minimum atomic E-state index is -0.720. The van der Waals surface area contributed by atoms with Crippen LogP contribution in [0.3, 0.4) is 0 Å². The lowest BCUT2D eigenvalue weighted by Crippen LogP contribution is -2.29. The largest absolute Gasteiger partial charge is 0.491 e. The van der Waals surface area contributed by atoms with Gasteiger partial charge in [-0.1, -0.05) is 54.6 Å². The molecule has 38 heavy (non-hydrogen) atoms. The molecular formula is C32H28N2O4. The second-order valence-electron chi connectivity index (χ2n) is 9.40. The summed E-state index contributed by atoms with van der Waals surface area (Å²) in [7, 11) is 0. The van der Waals surface area contributed by atoms with Crippen molar-refractivity contribution in [2.24, 2.45) is 0 Å². The second-order valence-corrected chi connectivity index (χ2v) is 9.40. The number of hydrogen-bond donors (Lipinski definition) is 2. The van der Waals surface area contributed by atoms with Gasteiger partial charge < -0.3 is 19.7 Å². The number of fused-ring (bicyclic) bond motifs is 4. The van der Waals surface area contributed by atoms with E-state index in [1.165, 1.54) is 0 Å². The number of rotatable bonds is 8. The molecule has 1 aliphatic rings. The van der Waals surface area contributed by atoms with Gasteiger partial charge >= 0.3 is 0 Å². The van der Waals surface area contributed by atoms with E-state index in [0.717, 1.165) is 50.2 Å². The van der Waals surface area contributed by atoms with E-state index in [1.807, 2.05) is 36.4 Å². The molecule has 0 atom stereocenters. The molecule has 0 fully saturated rings. The first-order valence-electron chi connectivity index (χ1n) is 12.7. The summed E-state index contributed by atoms with van der Waals surface area (Å²) in [6.07, 6.45) is 0. The fraction of sp³-hybridized carbons (Fsp3) is 0.188. The number of ether oxygens (including phenoxy) is 2. The number of hydrogen-bond acceptors (Lipinski definition) is 6. The lowest BCUT2D eigenvalue weighted by molar-refractivity contribution is 0.201. The molecule has 4 aromatic carbocycles. The maximum Gasteiger partial charge on any atom is 0.119 e. The molecule has 1 aromatic heterocycles. The molecule has 0 saturated carbocycles. The third-order valence-corrected chi connectivity index (χ3v) is 7.06. The highest BCUT2D eigenvalue weighted by molar-refractivity contribution is 5.87. The number of aliphatic hydroxyl groups is 2. The molecule has 0 spiro atoms. The van der Waals surface area contributed by atoms with Crippen molar-refractivity contribution >= 4 is 11.0 Å². The summed E-state index contributed by atoms with van der Waals surface area (Å²) in [5.41, 5.74) is 8.10.